The normalized spacial score (nSPS) is 14.2. The number of hydrogen-bond acceptors (Lipinski definition) is 3. The molecular weight excluding hydrogens is 238 g/mol. The molecule has 1 heterocycles. The topological polar surface area (TPSA) is 45.4 Å². The summed E-state index contributed by atoms with van der Waals surface area (Å²) in [6.07, 6.45) is 3.39. The van der Waals surface area contributed by atoms with Gasteiger partial charge in [-0.3, -0.25) is 0 Å². The van der Waals surface area contributed by atoms with Crippen molar-refractivity contribution in [3.05, 3.63) is 60.1 Å². The lowest BCUT2D eigenvalue weighted by Crippen LogP contribution is -2.24. The van der Waals surface area contributed by atoms with Crippen LogP contribution in [0.5, 0.6) is 0 Å². The first kappa shape index (κ1) is 13.8. The van der Waals surface area contributed by atoms with E-state index in [1.165, 1.54) is 5.56 Å². The number of nitrogens with one attached hydrogen (secondary N) is 1. The van der Waals surface area contributed by atoms with Crippen LogP contribution >= 0.6 is 0 Å². The van der Waals surface area contributed by atoms with E-state index in [0.717, 1.165) is 18.6 Å². The molecule has 2 aromatic rings. The van der Waals surface area contributed by atoms with Crippen LogP contribution in [0.15, 0.2) is 53.1 Å². The van der Waals surface area contributed by atoms with Crippen molar-refractivity contribution in [2.75, 3.05) is 6.61 Å². The zero-order chi connectivity index (χ0) is 13.5. The molecule has 0 saturated heterocycles. The lowest BCUT2D eigenvalue weighted by atomic mass is 10.0. The third-order valence-corrected chi connectivity index (χ3v) is 3.27. The maximum atomic E-state index is 9.03. The molecule has 3 nitrogen and oxygen atoms in total. The summed E-state index contributed by atoms with van der Waals surface area (Å²) < 4.78 is 5.42. The molecule has 0 aliphatic rings. The van der Waals surface area contributed by atoms with Gasteiger partial charge in [0.2, 0.25) is 0 Å². The number of aliphatic hydroxyl groups excluding tert-OH is 1. The van der Waals surface area contributed by atoms with E-state index in [1.807, 2.05) is 30.3 Å². The van der Waals surface area contributed by atoms with Gasteiger partial charge >= 0.3 is 0 Å². The van der Waals surface area contributed by atoms with Gasteiger partial charge in [-0.05, 0) is 37.5 Å². The molecule has 0 aliphatic carbocycles. The van der Waals surface area contributed by atoms with Crippen molar-refractivity contribution in [1.29, 1.82) is 0 Å². The van der Waals surface area contributed by atoms with Crippen molar-refractivity contribution in [3.63, 3.8) is 0 Å². The van der Waals surface area contributed by atoms with Gasteiger partial charge in [-0.2, -0.15) is 0 Å². The van der Waals surface area contributed by atoms with Gasteiger partial charge in [0.05, 0.1) is 12.3 Å². The summed E-state index contributed by atoms with van der Waals surface area (Å²) in [5.41, 5.74) is 1.24. The standard InChI is InChI=1S/C16H21NO2/c1-13(16-10-6-12-19-16)17-15(9-5-11-18)14-7-3-2-4-8-14/h2-4,6-8,10,12-13,15,17-18H,5,9,11H2,1H3. The van der Waals surface area contributed by atoms with Gasteiger partial charge in [-0.1, -0.05) is 30.3 Å². The molecule has 2 atom stereocenters. The zero-order valence-electron chi connectivity index (χ0n) is 11.3. The van der Waals surface area contributed by atoms with Crippen LogP contribution in [0.4, 0.5) is 0 Å². The lowest BCUT2D eigenvalue weighted by Gasteiger charge is -2.22. The van der Waals surface area contributed by atoms with E-state index in [1.54, 1.807) is 6.26 Å². The average Bonchev–Trinajstić information content (AvgIpc) is 2.98. The highest BCUT2D eigenvalue weighted by molar-refractivity contribution is 5.19. The van der Waals surface area contributed by atoms with Crippen molar-refractivity contribution in [1.82, 2.24) is 5.32 Å². The molecule has 0 amide bonds. The fraction of sp³-hybridized carbons (Fsp3) is 0.375. The molecule has 0 saturated carbocycles. The largest absolute Gasteiger partial charge is 0.468 e. The van der Waals surface area contributed by atoms with Gasteiger partial charge in [-0.25, -0.2) is 0 Å². The van der Waals surface area contributed by atoms with Crippen LogP contribution < -0.4 is 5.32 Å². The van der Waals surface area contributed by atoms with Crippen LogP contribution in [0.25, 0.3) is 0 Å². The highest BCUT2D eigenvalue weighted by Crippen LogP contribution is 2.23. The molecule has 2 rings (SSSR count). The quantitative estimate of drug-likeness (QED) is 0.800. The second kappa shape index (κ2) is 7.12. The van der Waals surface area contributed by atoms with Crippen LogP contribution in [-0.2, 0) is 0 Å². The summed E-state index contributed by atoms with van der Waals surface area (Å²) >= 11 is 0. The van der Waals surface area contributed by atoms with E-state index in [-0.39, 0.29) is 18.7 Å². The molecule has 0 fully saturated rings. The Labute approximate surface area is 114 Å². The first-order valence-electron chi connectivity index (χ1n) is 6.76. The molecule has 19 heavy (non-hydrogen) atoms. The minimum Gasteiger partial charge on any atom is -0.468 e. The molecule has 102 valence electrons. The van der Waals surface area contributed by atoms with Crippen LogP contribution in [0.3, 0.4) is 0 Å². The molecule has 1 aromatic heterocycles. The summed E-state index contributed by atoms with van der Waals surface area (Å²) in [5, 5.41) is 12.6. The molecule has 0 radical (unpaired) electrons. The van der Waals surface area contributed by atoms with Crippen LogP contribution in [-0.4, -0.2) is 11.7 Å². The maximum absolute atomic E-state index is 9.03. The number of rotatable bonds is 7. The van der Waals surface area contributed by atoms with E-state index >= 15 is 0 Å². The molecule has 3 heteroatoms. The zero-order valence-corrected chi connectivity index (χ0v) is 11.3. The molecule has 0 aliphatic heterocycles. The second-order valence-corrected chi connectivity index (χ2v) is 4.73. The number of furan rings is 1. The van der Waals surface area contributed by atoms with Gasteiger partial charge in [-0.15, -0.1) is 0 Å². The SMILES string of the molecule is CC(NC(CCCO)c1ccccc1)c1ccco1. The average molecular weight is 259 g/mol. The number of benzene rings is 1. The van der Waals surface area contributed by atoms with Crippen molar-refractivity contribution in [2.45, 2.75) is 31.8 Å². The third kappa shape index (κ3) is 3.94. The summed E-state index contributed by atoms with van der Waals surface area (Å²) in [6.45, 7) is 2.31. The Kier molecular flexibility index (Phi) is 5.19. The molecule has 1 aromatic carbocycles. The van der Waals surface area contributed by atoms with Crippen LogP contribution in [0, 0.1) is 0 Å². The lowest BCUT2D eigenvalue weighted by molar-refractivity contribution is 0.270. The van der Waals surface area contributed by atoms with Gasteiger partial charge in [0.15, 0.2) is 0 Å². The smallest absolute Gasteiger partial charge is 0.120 e. The first-order chi connectivity index (χ1) is 9.31. The second-order valence-electron chi connectivity index (χ2n) is 4.73. The van der Waals surface area contributed by atoms with E-state index in [2.05, 4.69) is 24.4 Å². The Hall–Kier alpha value is -1.58. The summed E-state index contributed by atoms with van der Waals surface area (Å²) in [5.74, 6) is 0.935. The Bertz CT molecular complexity index is 453. The van der Waals surface area contributed by atoms with E-state index < -0.39 is 0 Å². The highest BCUT2D eigenvalue weighted by Gasteiger charge is 2.16. The maximum Gasteiger partial charge on any atom is 0.120 e. The first-order valence-corrected chi connectivity index (χ1v) is 6.76. The van der Waals surface area contributed by atoms with Gasteiger partial charge in [0, 0.05) is 12.6 Å². The van der Waals surface area contributed by atoms with Crippen LogP contribution in [0.1, 0.15) is 43.2 Å². The van der Waals surface area contributed by atoms with Gasteiger partial charge < -0.3 is 14.8 Å². The Morgan fingerprint density at radius 1 is 1.16 bits per heavy atom. The fourth-order valence-electron chi connectivity index (χ4n) is 2.25. The molecule has 2 N–H and O–H groups in total. The Balaban J connectivity index is 2.05. The molecule has 0 bridgehead atoms. The van der Waals surface area contributed by atoms with E-state index in [0.29, 0.717) is 0 Å². The monoisotopic (exact) mass is 259 g/mol. The predicted octanol–water partition coefficient (Wildman–Crippen LogP) is 3.44. The molecular formula is C16H21NO2. The van der Waals surface area contributed by atoms with Crippen molar-refractivity contribution < 1.29 is 9.52 Å². The molecule has 2 unspecified atom stereocenters. The number of aliphatic hydroxyl groups is 1. The van der Waals surface area contributed by atoms with Gasteiger partial charge in [0.25, 0.3) is 0 Å². The highest BCUT2D eigenvalue weighted by atomic mass is 16.3. The van der Waals surface area contributed by atoms with E-state index in [4.69, 9.17) is 9.52 Å². The number of hydrogen-bond donors (Lipinski definition) is 2. The minimum atomic E-state index is 0.152. The van der Waals surface area contributed by atoms with Crippen LogP contribution in [0.2, 0.25) is 0 Å². The van der Waals surface area contributed by atoms with Crippen molar-refractivity contribution in [3.8, 4) is 0 Å². The Morgan fingerprint density at radius 2 is 1.95 bits per heavy atom. The van der Waals surface area contributed by atoms with Crippen molar-refractivity contribution in [2.24, 2.45) is 0 Å². The summed E-state index contributed by atoms with van der Waals surface area (Å²) in [6, 6.07) is 14.6. The Morgan fingerprint density at radius 3 is 2.58 bits per heavy atom. The fourth-order valence-corrected chi connectivity index (χ4v) is 2.25. The third-order valence-electron chi connectivity index (χ3n) is 3.27. The van der Waals surface area contributed by atoms with E-state index in [9.17, 15) is 0 Å². The summed E-state index contributed by atoms with van der Waals surface area (Å²) in [7, 11) is 0. The van der Waals surface area contributed by atoms with Crippen molar-refractivity contribution >= 4 is 0 Å². The van der Waals surface area contributed by atoms with Gasteiger partial charge in [0.1, 0.15) is 5.76 Å². The summed E-state index contributed by atoms with van der Waals surface area (Å²) in [4.78, 5) is 0. The predicted molar refractivity (Wildman–Crippen MR) is 75.8 cm³/mol. The molecule has 0 spiro atoms. The minimum absolute atomic E-state index is 0.152.